The molecular weight excluding hydrogens is 320 g/mol. The molecule has 0 saturated heterocycles. The Morgan fingerprint density at radius 1 is 1.42 bits per heavy atom. The molecule has 2 aromatic rings. The Balaban J connectivity index is 2.35. The quantitative estimate of drug-likeness (QED) is 0.659. The van der Waals surface area contributed by atoms with E-state index in [1.165, 1.54) is 22.9 Å². The van der Waals surface area contributed by atoms with Crippen LogP contribution in [0.1, 0.15) is 17.3 Å². The van der Waals surface area contributed by atoms with E-state index in [-0.39, 0.29) is 12.0 Å². The van der Waals surface area contributed by atoms with Gasteiger partial charge in [-0.05, 0) is 28.1 Å². The van der Waals surface area contributed by atoms with Crippen LogP contribution in [0.2, 0.25) is 0 Å². The Morgan fingerprint density at radius 2 is 2.05 bits per heavy atom. The lowest BCUT2D eigenvalue weighted by Crippen LogP contribution is -2.31. The first-order chi connectivity index (χ1) is 9.04. The summed E-state index contributed by atoms with van der Waals surface area (Å²) in [7, 11) is 1.68. The fourth-order valence-electron chi connectivity index (χ4n) is 1.87. The van der Waals surface area contributed by atoms with E-state index < -0.39 is 17.7 Å². The van der Waals surface area contributed by atoms with Crippen molar-refractivity contribution in [3.05, 3.63) is 45.7 Å². The minimum atomic E-state index is -0.605. The average Bonchev–Trinajstić information content (AvgIpc) is 2.70. The summed E-state index contributed by atoms with van der Waals surface area (Å²) in [6.07, 6.45) is 0.0504. The van der Waals surface area contributed by atoms with E-state index >= 15 is 0 Å². The number of aromatic nitrogens is 3. The molecule has 1 aromatic heterocycles. The molecule has 5 nitrogen and oxygen atoms in total. The predicted molar refractivity (Wildman–Crippen MR) is 68.8 cm³/mol. The van der Waals surface area contributed by atoms with Gasteiger partial charge in [0.15, 0.2) is 4.60 Å². The van der Waals surface area contributed by atoms with Gasteiger partial charge in [0.1, 0.15) is 11.6 Å². The smallest absolute Gasteiger partial charge is 0.153 e. The van der Waals surface area contributed by atoms with Crippen LogP contribution in [0.15, 0.2) is 22.8 Å². The summed E-state index contributed by atoms with van der Waals surface area (Å²) < 4.78 is 29.2. The van der Waals surface area contributed by atoms with Gasteiger partial charge < -0.3 is 0 Å². The Bertz CT molecular complexity index is 547. The second-order valence-corrected chi connectivity index (χ2v) is 4.76. The van der Waals surface area contributed by atoms with E-state index in [0.29, 0.717) is 10.3 Å². The maximum Gasteiger partial charge on any atom is 0.153 e. The lowest BCUT2D eigenvalue weighted by Gasteiger charge is -2.17. The number of nitrogens with one attached hydrogen (secondary N) is 1. The normalized spacial score (nSPS) is 12.7. The van der Waals surface area contributed by atoms with E-state index in [1.54, 1.807) is 7.05 Å². The third-order valence-electron chi connectivity index (χ3n) is 2.83. The number of nitrogens with two attached hydrogens (primary N) is 1. The number of hydrogen-bond acceptors (Lipinski definition) is 4. The third-order valence-corrected chi connectivity index (χ3v) is 3.39. The molecule has 1 atom stereocenters. The number of aryl methyl sites for hydroxylation is 1. The summed E-state index contributed by atoms with van der Waals surface area (Å²) in [5.41, 5.74) is 3.11. The van der Waals surface area contributed by atoms with Gasteiger partial charge in [-0.15, -0.1) is 5.10 Å². The molecule has 19 heavy (non-hydrogen) atoms. The van der Waals surface area contributed by atoms with Crippen LogP contribution in [0.25, 0.3) is 0 Å². The van der Waals surface area contributed by atoms with Gasteiger partial charge in [0.2, 0.25) is 0 Å². The Kier molecular flexibility index (Phi) is 4.23. The van der Waals surface area contributed by atoms with Gasteiger partial charge in [0.05, 0.1) is 11.7 Å². The second kappa shape index (κ2) is 5.72. The van der Waals surface area contributed by atoms with Crippen molar-refractivity contribution in [2.75, 3.05) is 0 Å². The summed E-state index contributed by atoms with van der Waals surface area (Å²) in [6, 6.07) is 3.23. The maximum absolute atomic E-state index is 13.6. The molecule has 8 heteroatoms. The molecule has 102 valence electrons. The van der Waals surface area contributed by atoms with Crippen molar-refractivity contribution in [3.8, 4) is 0 Å². The monoisotopic (exact) mass is 331 g/mol. The zero-order valence-electron chi connectivity index (χ0n) is 10.1. The second-order valence-electron chi connectivity index (χ2n) is 4.01. The molecule has 0 radical (unpaired) electrons. The van der Waals surface area contributed by atoms with E-state index in [9.17, 15) is 8.78 Å². The first-order valence-electron chi connectivity index (χ1n) is 5.48. The minimum Gasteiger partial charge on any atom is -0.271 e. The van der Waals surface area contributed by atoms with E-state index in [1.807, 2.05) is 0 Å². The van der Waals surface area contributed by atoms with E-state index in [0.717, 1.165) is 0 Å². The topological polar surface area (TPSA) is 68.8 Å². The third kappa shape index (κ3) is 2.80. The molecule has 0 amide bonds. The first-order valence-corrected chi connectivity index (χ1v) is 6.28. The molecule has 0 bridgehead atoms. The highest BCUT2D eigenvalue weighted by Crippen LogP contribution is 2.25. The van der Waals surface area contributed by atoms with Crippen LogP contribution in [0.5, 0.6) is 0 Å². The lowest BCUT2D eigenvalue weighted by molar-refractivity contribution is 0.475. The van der Waals surface area contributed by atoms with Crippen LogP contribution in [0.3, 0.4) is 0 Å². The Morgan fingerprint density at radius 3 is 2.53 bits per heavy atom. The number of nitrogens with zero attached hydrogens (tertiary/aromatic N) is 3. The minimum absolute atomic E-state index is 0.0291. The standard InChI is InChI=1S/C11H12BrF2N5/c1-19-10(11(12)17-18-19)9(16-15)5-6-7(13)3-2-4-8(6)14/h2-4,9,16H,5,15H2,1H3. The van der Waals surface area contributed by atoms with Gasteiger partial charge in [-0.2, -0.15) is 0 Å². The number of hydrogen-bond donors (Lipinski definition) is 2. The highest BCUT2D eigenvalue weighted by atomic mass is 79.9. The molecule has 2 rings (SSSR count). The molecule has 0 aliphatic heterocycles. The van der Waals surface area contributed by atoms with Crippen LogP contribution >= 0.6 is 15.9 Å². The Labute approximate surface area is 116 Å². The van der Waals surface area contributed by atoms with Crippen molar-refractivity contribution in [1.29, 1.82) is 0 Å². The zero-order valence-corrected chi connectivity index (χ0v) is 11.7. The van der Waals surface area contributed by atoms with Crippen LogP contribution in [-0.2, 0) is 13.5 Å². The van der Waals surface area contributed by atoms with Gasteiger partial charge in [0.25, 0.3) is 0 Å². The summed E-state index contributed by atoms with van der Waals surface area (Å²) in [5, 5.41) is 7.63. The molecule has 0 aliphatic rings. The predicted octanol–water partition coefficient (Wildman–Crippen LogP) is 1.60. The Hall–Kier alpha value is -1.38. The van der Waals surface area contributed by atoms with Crippen molar-refractivity contribution < 1.29 is 8.78 Å². The molecule has 0 aliphatic carbocycles. The van der Waals surface area contributed by atoms with Crippen LogP contribution in [0, 0.1) is 11.6 Å². The number of benzene rings is 1. The van der Waals surface area contributed by atoms with E-state index in [2.05, 4.69) is 31.7 Å². The van der Waals surface area contributed by atoms with Crippen LogP contribution < -0.4 is 11.3 Å². The van der Waals surface area contributed by atoms with Crippen molar-refractivity contribution in [3.63, 3.8) is 0 Å². The molecule has 1 aromatic carbocycles. The van der Waals surface area contributed by atoms with Gasteiger partial charge in [-0.1, -0.05) is 11.3 Å². The van der Waals surface area contributed by atoms with Crippen LogP contribution in [-0.4, -0.2) is 15.0 Å². The zero-order chi connectivity index (χ0) is 14.0. The van der Waals surface area contributed by atoms with Gasteiger partial charge >= 0.3 is 0 Å². The van der Waals surface area contributed by atoms with Gasteiger partial charge in [-0.3, -0.25) is 11.3 Å². The largest absolute Gasteiger partial charge is 0.271 e. The molecule has 3 N–H and O–H groups in total. The van der Waals surface area contributed by atoms with Crippen molar-refractivity contribution in [2.45, 2.75) is 12.5 Å². The molecule has 0 spiro atoms. The fourth-order valence-corrected chi connectivity index (χ4v) is 2.48. The lowest BCUT2D eigenvalue weighted by atomic mass is 10.0. The summed E-state index contributed by atoms with van der Waals surface area (Å²) in [5.74, 6) is 4.25. The summed E-state index contributed by atoms with van der Waals surface area (Å²) in [6.45, 7) is 0. The first kappa shape index (κ1) is 14.0. The molecule has 0 fully saturated rings. The molecule has 1 unspecified atom stereocenters. The van der Waals surface area contributed by atoms with Crippen molar-refractivity contribution in [2.24, 2.45) is 12.9 Å². The highest BCUT2D eigenvalue weighted by Gasteiger charge is 2.22. The van der Waals surface area contributed by atoms with E-state index in [4.69, 9.17) is 5.84 Å². The van der Waals surface area contributed by atoms with Gasteiger partial charge in [-0.25, -0.2) is 13.5 Å². The molecule has 1 heterocycles. The van der Waals surface area contributed by atoms with Crippen molar-refractivity contribution in [1.82, 2.24) is 20.4 Å². The highest BCUT2D eigenvalue weighted by molar-refractivity contribution is 9.10. The van der Waals surface area contributed by atoms with Gasteiger partial charge in [0, 0.05) is 19.0 Å². The fraction of sp³-hybridized carbons (Fsp3) is 0.273. The number of halogens is 3. The maximum atomic E-state index is 13.6. The summed E-state index contributed by atoms with van der Waals surface area (Å²) >= 11 is 3.23. The average molecular weight is 332 g/mol. The molecular formula is C11H12BrF2N5. The van der Waals surface area contributed by atoms with Crippen molar-refractivity contribution >= 4 is 15.9 Å². The number of hydrazine groups is 1. The van der Waals surface area contributed by atoms with Crippen LogP contribution in [0.4, 0.5) is 8.78 Å². The molecule has 0 saturated carbocycles. The summed E-state index contributed by atoms with van der Waals surface area (Å²) in [4.78, 5) is 0. The SMILES string of the molecule is Cn1nnc(Br)c1C(Cc1c(F)cccc1F)NN. The number of rotatable bonds is 4.